The van der Waals surface area contributed by atoms with Crippen LogP contribution in [-0.4, -0.2) is 55.1 Å². The minimum absolute atomic E-state index is 0.240. The van der Waals surface area contributed by atoms with E-state index in [1.165, 1.54) is 14.2 Å². The Morgan fingerprint density at radius 3 is 2.44 bits per heavy atom. The first-order valence-corrected chi connectivity index (χ1v) is 10.2. The van der Waals surface area contributed by atoms with E-state index in [-0.39, 0.29) is 11.7 Å². The van der Waals surface area contributed by atoms with Gasteiger partial charge in [-0.25, -0.2) is 4.90 Å². The van der Waals surface area contributed by atoms with Crippen molar-refractivity contribution < 1.29 is 23.9 Å². The van der Waals surface area contributed by atoms with E-state index in [2.05, 4.69) is 5.10 Å². The summed E-state index contributed by atoms with van der Waals surface area (Å²) in [7, 11) is 2.98. The SMILES string of the molecule is COc1ccc(OC)c(N2C(=O)[C@@H]3[C@H](C2=O)[C@H]2C=CC=NN2[C@@H]3C(=O)c2ccccc2)c1. The van der Waals surface area contributed by atoms with Crippen molar-refractivity contribution in [3.8, 4) is 11.5 Å². The van der Waals surface area contributed by atoms with Crippen LogP contribution in [0.3, 0.4) is 0 Å². The molecule has 3 aliphatic rings. The van der Waals surface area contributed by atoms with E-state index in [9.17, 15) is 14.4 Å². The van der Waals surface area contributed by atoms with Crippen molar-refractivity contribution in [2.24, 2.45) is 16.9 Å². The van der Waals surface area contributed by atoms with Crippen molar-refractivity contribution in [2.75, 3.05) is 19.1 Å². The van der Waals surface area contributed by atoms with Gasteiger partial charge in [0.25, 0.3) is 0 Å². The average Bonchev–Trinajstić information content (AvgIpc) is 3.31. The summed E-state index contributed by atoms with van der Waals surface area (Å²) in [6.07, 6.45) is 5.13. The quantitative estimate of drug-likeness (QED) is 0.533. The molecule has 8 nitrogen and oxygen atoms in total. The molecule has 2 aromatic carbocycles. The molecule has 2 saturated heterocycles. The summed E-state index contributed by atoms with van der Waals surface area (Å²) in [6.45, 7) is 0. The number of hydrogen-bond acceptors (Lipinski definition) is 7. The fraction of sp³-hybridized carbons (Fsp3) is 0.250. The van der Waals surface area contributed by atoms with E-state index < -0.39 is 29.8 Å². The number of benzene rings is 2. The minimum Gasteiger partial charge on any atom is -0.497 e. The molecule has 0 aliphatic carbocycles. The van der Waals surface area contributed by atoms with Crippen molar-refractivity contribution in [1.29, 1.82) is 0 Å². The van der Waals surface area contributed by atoms with Crippen molar-refractivity contribution >= 4 is 29.5 Å². The Morgan fingerprint density at radius 2 is 1.72 bits per heavy atom. The third kappa shape index (κ3) is 2.83. The standard InChI is InChI=1S/C24H21N3O5/c1-31-15-10-11-18(32-2)17(13-15)26-23(29)19-16-9-6-12-25-27(16)21(20(19)24(26)30)22(28)14-7-4-3-5-8-14/h3-13,16,19-21H,1-2H3/t16-,19-,20-,21+/m1/s1. The van der Waals surface area contributed by atoms with E-state index in [1.54, 1.807) is 59.8 Å². The maximum absolute atomic E-state index is 13.7. The third-order valence-electron chi connectivity index (χ3n) is 6.24. The topological polar surface area (TPSA) is 88.5 Å². The summed E-state index contributed by atoms with van der Waals surface area (Å²) in [5.41, 5.74) is 0.774. The number of allylic oxidation sites excluding steroid dienone is 1. The smallest absolute Gasteiger partial charge is 0.240 e. The van der Waals surface area contributed by atoms with Crippen LogP contribution in [0.4, 0.5) is 5.69 Å². The highest BCUT2D eigenvalue weighted by Gasteiger charge is 2.64. The Bertz CT molecular complexity index is 1160. The van der Waals surface area contributed by atoms with Crippen LogP contribution in [0.25, 0.3) is 0 Å². The molecule has 4 atom stereocenters. The lowest BCUT2D eigenvalue weighted by molar-refractivity contribution is -0.123. The number of amides is 2. The van der Waals surface area contributed by atoms with Gasteiger partial charge in [-0.15, -0.1) is 0 Å². The van der Waals surface area contributed by atoms with Gasteiger partial charge in [0.2, 0.25) is 11.8 Å². The van der Waals surface area contributed by atoms with Crippen LogP contribution >= 0.6 is 0 Å². The van der Waals surface area contributed by atoms with Crippen molar-refractivity contribution in [2.45, 2.75) is 12.1 Å². The molecule has 0 saturated carbocycles. The molecule has 2 aromatic rings. The summed E-state index contributed by atoms with van der Waals surface area (Å²) in [6, 6.07) is 12.3. The highest BCUT2D eigenvalue weighted by molar-refractivity contribution is 6.25. The monoisotopic (exact) mass is 431 g/mol. The highest BCUT2D eigenvalue weighted by Crippen LogP contribution is 2.48. The van der Waals surface area contributed by atoms with Gasteiger partial charge in [0.05, 0.1) is 37.8 Å². The van der Waals surface area contributed by atoms with Gasteiger partial charge < -0.3 is 9.47 Å². The zero-order valence-corrected chi connectivity index (χ0v) is 17.5. The number of hydrogen-bond donors (Lipinski definition) is 0. The second-order valence-electron chi connectivity index (χ2n) is 7.80. The van der Waals surface area contributed by atoms with Crippen LogP contribution in [0.15, 0.2) is 65.8 Å². The predicted octanol–water partition coefficient (Wildman–Crippen LogP) is 2.30. The fourth-order valence-corrected chi connectivity index (χ4v) is 4.82. The number of fused-ring (bicyclic) bond motifs is 3. The lowest BCUT2D eigenvalue weighted by Gasteiger charge is -2.30. The number of Topliss-reactive ketones (excluding diaryl/α,β-unsaturated/α-hetero) is 1. The number of anilines is 1. The minimum atomic E-state index is -0.883. The van der Waals surface area contributed by atoms with Crippen LogP contribution in [0.1, 0.15) is 10.4 Å². The second kappa shape index (κ2) is 7.64. The molecule has 0 spiro atoms. The van der Waals surface area contributed by atoms with E-state index in [4.69, 9.17) is 9.47 Å². The van der Waals surface area contributed by atoms with Gasteiger partial charge in [-0.3, -0.25) is 19.4 Å². The largest absolute Gasteiger partial charge is 0.497 e. The molecule has 3 heterocycles. The Hall–Kier alpha value is -3.94. The molecule has 3 aliphatic heterocycles. The number of ketones is 1. The molecule has 0 aromatic heterocycles. The maximum Gasteiger partial charge on any atom is 0.240 e. The zero-order valence-electron chi connectivity index (χ0n) is 17.5. The third-order valence-corrected chi connectivity index (χ3v) is 6.24. The number of nitrogens with zero attached hydrogens (tertiary/aromatic N) is 3. The predicted molar refractivity (Wildman–Crippen MR) is 117 cm³/mol. The van der Waals surface area contributed by atoms with E-state index in [0.29, 0.717) is 22.7 Å². The number of carbonyl (C=O) groups excluding carboxylic acids is 3. The van der Waals surface area contributed by atoms with Gasteiger partial charge in [0, 0.05) is 17.8 Å². The van der Waals surface area contributed by atoms with Gasteiger partial charge in [-0.1, -0.05) is 36.4 Å². The molecule has 0 unspecified atom stereocenters. The molecule has 2 fully saturated rings. The number of ether oxygens (including phenoxy) is 2. The van der Waals surface area contributed by atoms with Crippen LogP contribution < -0.4 is 14.4 Å². The summed E-state index contributed by atoms with van der Waals surface area (Å²) >= 11 is 0. The summed E-state index contributed by atoms with van der Waals surface area (Å²) < 4.78 is 10.7. The second-order valence-corrected chi connectivity index (χ2v) is 7.80. The number of methoxy groups -OCH3 is 2. The first kappa shape index (κ1) is 20.0. The Kier molecular flexibility index (Phi) is 4.77. The summed E-state index contributed by atoms with van der Waals surface area (Å²) in [5.74, 6) is -1.81. The van der Waals surface area contributed by atoms with Crippen LogP contribution in [0, 0.1) is 11.8 Å². The van der Waals surface area contributed by atoms with E-state index in [1.807, 2.05) is 12.1 Å². The molecular weight excluding hydrogens is 410 g/mol. The molecule has 8 heteroatoms. The first-order valence-electron chi connectivity index (χ1n) is 10.2. The lowest BCUT2D eigenvalue weighted by Crippen LogP contribution is -2.46. The normalized spacial score (nSPS) is 25.7. The fourth-order valence-electron chi connectivity index (χ4n) is 4.82. The number of carbonyl (C=O) groups is 3. The van der Waals surface area contributed by atoms with Gasteiger partial charge in [0.15, 0.2) is 5.78 Å². The molecule has 0 bridgehead atoms. The van der Waals surface area contributed by atoms with E-state index in [0.717, 1.165) is 4.90 Å². The lowest BCUT2D eigenvalue weighted by atomic mass is 9.86. The van der Waals surface area contributed by atoms with Crippen molar-refractivity contribution in [1.82, 2.24) is 5.01 Å². The van der Waals surface area contributed by atoms with Crippen LogP contribution in [0.2, 0.25) is 0 Å². The number of hydrazone groups is 1. The van der Waals surface area contributed by atoms with Crippen LogP contribution in [0.5, 0.6) is 11.5 Å². The highest BCUT2D eigenvalue weighted by atomic mass is 16.5. The molecule has 32 heavy (non-hydrogen) atoms. The Balaban J connectivity index is 1.60. The average molecular weight is 431 g/mol. The molecule has 2 amide bonds. The summed E-state index contributed by atoms with van der Waals surface area (Å²) in [5, 5.41) is 5.96. The van der Waals surface area contributed by atoms with Gasteiger partial charge in [0.1, 0.15) is 17.5 Å². The molecule has 0 N–H and O–H groups in total. The van der Waals surface area contributed by atoms with Crippen LogP contribution in [-0.2, 0) is 9.59 Å². The Labute approximate surface area is 184 Å². The molecule has 0 radical (unpaired) electrons. The van der Waals surface area contributed by atoms with Crippen molar-refractivity contribution in [3.05, 3.63) is 66.2 Å². The Morgan fingerprint density at radius 1 is 0.969 bits per heavy atom. The number of imide groups is 1. The maximum atomic E-state index is 13.7. The first-order chi connectivity index (χ1) is 15.6. The van der Waals surface area contributed by atoms with E-state index >= 15 is 0 Å². The van der Waals surface area contributed by atoms with Gasteiger partial charge in [-0.05, 0) is 18.2 Å². The van der Waals surface area contributed by atoms with Gasteiger partial charge >= 0.3 is 0 Å². The summed E-state index contributed by atoms with van der Waals surface area (Å²) in [4.78, 5) is 41.9. The van der Waals surface area contributed by atoms with Gasteiger partial charge in [-0.2, -0.15) is 5.10 Å². The van der Waals surface area contributed by atoms with Crippen molar-refractivity contribution in [3.63, 3.8) is 0 Å². The molecular formula is C24H21N3O5. The number of rotatable bonds is 5. The molecule has 162 valence electrons. The zero-order chi connectivity index (χ0) is 22.4. The molecule has 5 rings (SSSR count).